The lowest BCUT2D eigenvalue weighted by molar-refractivity contribution is 0.0315. The smallest absolute Gasteiger partial charge is 0.236 e. The van der Waals surface area contributed by atoms with E-state index in [-0.39, 0.29) is 12.4 Å². The van der Waals surface area contributed by atoms with Crippen molar-refractivity contribution in [3.8, 4) is 0 Å². The van der Waals surface area contributed by atoms with E-state index in [0.29, 0.717) is 12.1 Å². The molecule has 0 aromatic carbocycles. The van der Waals surface area contributed by atoms with Gasteiger partial charge in [0.25, 0.3) is 0 Å². The van der Waals surface area contributed by atoms with Gasteiger partial charge in [0, 0.05) is 24.8 Å². The standard InChI is InChI=1S/C13H23N3O2S.ClH/c1-10(14-2)7-12-15-13(18-16-12)9-19-8-11-5-3-4-6-17-11;/h10-11,14H,3-9H2,1-2H3;1H. The summed E-state index contributed by atoms with van der Waals surface area (Å²) in [4.78, 5) is 4.40. The molecule has 1 fully saturated rings. The SMILES string of the molecule is CNC(C)Cc1noc(CSCC2CCCCO2)n1.Cl. The summed E-state index contributed by atoms with van der Waals surface area (Å²) in [5, 5.41) is 7.16. The van der Waals surface area contributed by atoms with Gasteiger partial charge in [-0.1, -0.05) is 5.16 Å². The van der Waals surface area contributed by atoms with Crippen LogP contribution in [0.25, 0.3) is 0 Å². The molecule has 0 bridgehead atoms. The third-order valence-corrected chi connectivity index (χ3v) is 4.35. The number of likely N-dealkylation sites (N-methyl/N-ethyl adjacent to an activating group) is 1. The van der Waals surface area contributed by atoms with Crippen LogP contribution in [-0.4, -0.2) is 41.7 Å². The zero-order valence-corrected chi connectivity index (χ0v) is 13.8. The molecule has 2 unspecified atom stereocenters. The minimum absolute atomic E-state index is 0. The van der Waals surface area contributed by atoms with Gasteiger partial charge in [-0.15, -0.1) is 24.2 Å². The number of hydrogen-bond acceptors (Lipinski definition) is 6. The Bertz CT molecular complexity index is 372. The third-order valence-electron chi connectivity index (χ3n) is 3.29. The zero-order valence-electron chi connectivity index (χ0n) is 12.1. The summed E-state index contributed by atoms with van der Waals surface area (Å²) < 4.78 is 10.9. The van der Waals surface area contributed by atoms with Crippen LogP contribution in [0.3, 0.4) is 0 Å². The first-order chi connectivity index (χ1) is 9.28. The van der Waals surface area contributed by atoms with Crippen molar-refractivity contribution in [2.75, 3.05) is 19.4 Å². The molecule has 0 saturated carbocycles. The van der Waals surface area contributed by atoms with Gasteiger partial charge < -0.3 is 14.6 Å². The number of halogens is 1. The first-order valence-corrected chi connectivity index (χ1v) is 8.11. The molecule has 0 spiro atoms. The van der Waals surface area contributed by atoms with E-state index in [1.807, 2.05) is 18.8 Å². The largest absolute Gasteiger partial charge is 0.377 e. The van der Waals surface area contributed by atoms with Crippen LogP contribution in [0.2, 0.25) is 0 Å². The van der Waals surface area contributed by atoms with Crippen molar-refractivity contribution < 1.29 is 9.26 Å². The molecule has 2 atom stereocenters. The van der Waals surface area contributed by atoms with Crippen molar-refractivity contribution in [2.45, 2.75) is 50.5 Å². The fraction of sp³-hybridized carbons (Fsp3) is 0.846. The van der Waals surface area contributed by atoms with E-state index in [1.54, 1.807) is 0 Å². The number of aromatic nitrogens is 2. The van der Waals surface area contributed by atoms with Crippen molar-refractivity contribution in [2.24, 2.45) is 0 Å². The van der Waals surface area contributed by atoms with Crippen LogP contribution in [0.1, 0.15) is 37.9 Å². The summed E-state index contributed by atoms with van der Waals surface area (Å²) in [6, 6.07) is 0.369. The van der Waals surface area contributed by atoms with Gasteiger partial charge in [0.1, 0.15) is 0 Å². The Morgan fingerprint density at radius 1 is 1.45 bits per heavy atom. The van der Waals surface area contributed by atoms with Crippen LogP contribution in [0.15, 0.2) is 4.52 Å². The maximum Gasteiger partial charge on any atom is 0.236 e. The highest BCUT2D eigenvalue weighted by Crippen LogP contribution is 2.19. The Morgan fingerprint density at radius 2 is 2.30 bits per heavy atom. The van der Waals surface area contributed by atoms with Gasteiger partial charge in [-0.25, -0.2) is 0 Å². The monoisotopic (exact) mass is 321 g/mol. The first kappa shape index (κ1) is 17.8. The Morgan fingerprint density at radius 3 is 3.00 bits per heavy atom. The number of rotatable bonds is 7. The lowest BCUT2D eigenvalue weighted by Gasteiger charge is -2.21. The lowest BCUT2D eigenvalue weighted by Crippen LogP contribution is -2.24. The fourth-order valence-corrected chi connectivity index (χ4v) is 2.96. The second-order valence-electron chi connectivity index (χ2n) is 5.00. The highest BCUT2D eigenvalue weighted by molar-refractivity contribution is 7.98. The first-order valence-electron chi connectivity index (χ1n) is 6.96. The molecule has 116 valence electrons. The molecule has 1 aromatic rings. The quantitative estimate of drug-likeness (QED) is 0.832. The van der Waals surface area contributed by atoms with E-state index in [4.69, 9.17) is 9.26 Å². The molecule has 1 aromatic heterocycles. The van der Waals surface area contributed by atoms with Crippen LogP contribution in [0.5, 0.6) is 0 Å². The number of nitrogens with zero attached hydrogens (tertiary/aromatic N) is 2. The second kappa shape index (κ2) is 9.60. The highest BCUT2D eigenvalue weighted by atomic mass is 35.5. The summed E-state index contributed by atoms with van der Waals surface area (Å²) >= 11 is 1.81. The minimum Gasteiger partial charge on any atom is -0.377 e. The van der Waals surface area contributed by atoms with Gasteiger partial charge in [-0.3, -0.25) is 0 Å². The van der Waals surface area contributed by atoms with Gasteiger partial charge in [-0.2, -0.15) is 4.98 Å². The van der Waals surface area contributed by atoms with Crippen LogP contribution in [-0.2, 0) is 16.9 Å². The maximum atomic E-state index is 5.69. The number of thioether (sulfide) groups is 1. The molecule has 0 radical (unpaired) electrons. The molecule has 1 N–H and O–H groups in total. The van der Waals surface area contributed by atoms with E-state index >= 15 is 0 Å². The van der Waals surface area contributed by atoms with E-state index < -0.39 is 0 Å². The van der Waals surface area contributed by atoms with Gasteiger partial charge in [0.05, 0.1) is 11.9 Å². The van der Waals surface area contributed by atoms with Crippen molar-refractivity contribution in [1.29, 1.82) is 0 Å². The maximum absolute atomic E-state index is 5.69. The van der Waals surface area contributed by atoms with Crippen molar-refractivity contribution in [1.82, 2.24) is 15.5 Å². The Hall–Kier alpha value is -0.300. The topological polar surface area (TPSA) is 60.2 Å². The average Bonchev–Trinajstić information content (AvgIpc) is 2.87. The number of hydrogen-bond donors (Lipinski definition) is 1. The summed E-state index contributed by atoms with van der Waals surface area (Å²) in [6.07, 6.45) is 4.89. The Balaban J connectivity index is 0.00000200. The van der Waals surface area contributed by atoms with Crippen molar-refractivity contribution >= 4 is 24.2 Å². The van der Waals surface area contributed by atoms with Gasteiger partial charge in [0.15, 0.2) is 5.82 Å². The normalized spacial score (nSPS) is 20.4. The van der Waals surface area contributed by atoms with Gasteiger partial charge >= 0.3 is 0 Å². The van der Waals surface area contributed by atoms with Gasteiger partial charge in [0.2, 0.25) is 5.89 Å². The van der Waals surface area contributed by atoms with E-state index in [9.17, 15) is 0 Å². The number of ether oxygens (including phenoxy) is 1. The molecule has 5 nitrogen and oxygen atoms in total. The Kier molecular flexibility index (Phi) is 8.52. The van der Waals surface area contributed by atoms with Crippen LogP contribution in [0.4, 0.5) is 0 Å². The molecule has 0 aliphatic carbocycles. The highest BCUT2D eigenvalue weighted by Gasteiger charge is 2.15. The summed E-state index contributed by atoms with van der Waals surface area (Å²) in [5.41, 5.74) is 0. The average molecular weight is 322 g/mol. The predicted octanol–water partition coefficient (Wildman–Crippen LogP) is 2.44. The molecule has 7 heteroatoms. The lowest BCUT2D eigenvalue weighted by atomic mass is 10.1. The van der Waals surface area contributed by atoms with Crippen molar-refractivity contribution in [3.05, 3.63) is 11.7 Å². The summed E-state index contributed by atoms with van der Waals surface area (Å²) in [7, 11) is 1.94. The van der Waals surface area contributed by atoms with Crippen LogP contribution >= 0.6 is 24.2 Å². The fourth-order valence-electron chi connectivity index (χ4n) is 2.02. The molecule has 20 heavy (non-hydrogen) atoms. The molecular formula is C13H24ClN3O2S. The van der Waals surface area contributed by atoms with Crippen molar-refractivity contribution in [3.63, 3.8) is 0 Å². The second-order valence-corrected chi connectivity index (χ2v) is 6.03. The summed E-state index contributed by atoms with van der Waals surface area (Å²) in [5.74, 6) is 3.30. The minimum atomic E-state index is 0. The Labute approximate surface area is 131 Å². The molecular weight excluding hydrogens is 298 g/mol. The van der Waals surface area contributed by atoms with E-state index in [1.165, 1.54) is 19.3 Å². The molecule has 2 heterocycles. The van der Waals surface area contributed by atoms with Gasteiger partial charge in [-0.05, 0) is 33.2 Å². The number of nitrogens with one attached hydrogen (secondary N) is 1. The summed E-state index contributed by atoms with van der Waals surface area (Å²) in [6.45, 7) is 3.02. The molecule has 1 saturated heterocycles. The zero-order chi connectivity index (χ0) is 13.5. The molecule has 0 amide bonds. The predicted molar refractivity (Wildman–Crippen MR) is 83.5 cm³/mol. The molecule has 1 aliphatic heterocycles. The van der Waals surface area contributed by atoms with E-state index in [0.717, 1.165) is 36.2 Å². The molecule has 1 aliphatic rings. The van der Waals surface area contributed by atoms with Crippen LogP contribution in [0, 0.1) is 0 Å². The van der Waals surface area contributed by atoms with E-state index in [2.05, 4.69) is 22.4 Å². The molecule has 2 rings (SSSR count). The third kappa shape index (κ3) is 5.99. The van der Waals surface area contributed by atoms with Crippen LogP contribution < -0.4 is 5.32 Å².